The highest BCUT2D eigenvalue weighted by molar-refractivity contribution is 5.96. The van der Waals surface area contributed by atoms with E-state index in [1.54, 1.807) is 24.3 Å². The standard InChI is InChI=1S/C13H19N3O3/c14-7-1-2-11(13(18)19)16-12(17)10-5-3-9(8-15)4-6-10/h3-6,11H,1-2,7-8,14-15H2,(H,16,17)(H,18,19)/t11-/m0/s1. The van der Waals surface area contributed by atoms with Crippen molar-refractivity contribution >= 4 is 11.9 Å². The normalized spacial score (nSPS) is 11.9. The molecule has 0 radical (unpaired) electrons. The Morgan fingerprint density at radius 2 is 1.84 bits per heavy atom. The number of carbonyl (C=O) groups is 2. The minimum Gasteiger partial charge on any atom is -0.480 e. The molecule has 1 aromatic carbocycles. The topological polar surface area (TPSA) is 118 Å². The Morgan fingerprint density at radius 1 is 1.21 bits per heavy atom. The number of carbonyl (C=O) groups excluding carboxylic acids is 1. The molecule has 0 saturated carbocycles. The van der Waals surface area contributed by atoms with Gasteiger partial charge in [0.05, 0.1) is 0 Å². The van der Waals surface area contributed by atoms with Crippen LogP contribution in [-0.4, -0.2) is 29.6 Å². The van der Waals surface area contributed by atoms with E-state index in [0.717, 1.165) is 5.56 Å². The van der Waals surface area contributed by atoms with Gasteiger partial charge < -0.3 is 21.9 Å². The second-order valence-electron chi connectivity index (χ2n) is 4.20. The van der Waals surface area contributed by atoms with E-state index in [9.17, 15) is 9.59 Å². The lowest BCUT2D eigenvalue weighted by Crippen LogP contribution is -2.41. The molecular formula is C13H19N3O3. The van der Waals surface area contributed by atoms with E-state index in [4.69, 9.17) is 16.6 Å². The first-order chi connectivity index (χ1) is 9.08. The van der Waals surface area contributed by atoms with Crippen LogP contribution in [0.5, 0.6) is 0 Å². The molecule has 0 bridgehead atoms. The van der Waals surface area contributed by atoms with E-state index < -0.39 is 17.9 Å². The van der Waals surface area contributed by atoms with Crippen LogP contribution in [0.15, 0.2) is 24.3 Å². The molecule has 0 fully saturated rings. The van der Waals surface area contributed by atoms with Gasteiger partial charge in [0.2, 0.25) is 0 Å². The molecule has 6 heteroatoms. The molecular weight excluding hydrogens is 246 g/mol. The molecule has 1 amide bonds. The fraction of sp³-hybridized carbons (Fsp3) is 0.385. The Bertz CT molecular complexity index is 431. The maximum Gasteiger partial charge on any atom is 0.326 e. The van der Waals surface area contributed by atoms with E-state index in [0.29, 0.717) is 31.5 Å². The third-order valence-electron chi connectivity index (χ3n) is 2.75. The van der Waals surface area contributed by atoms with Gasteiger partial charge in [-0.2, -0.15) is 0 Å². The largest absolute Gasteiger partial charge is 0.480 e. The number of hydrogen-bond donors (Lipinski definition) is 4. The molecule has 1 atom stereocenters. The van der Waals surface area contributed by atoms with E-state index >= 15 is 0 Å². The summed E-state index contributed by atoms with van der Waals surface area (Å²) in [5.41, 5.74) is 12.1. The summed E-state index contributed by atoms with van der Waals surface area (Å²) < 4.78 is 0. The molecule has 1 aromatic rings. The van der Waals surface area contributed by atoms with Crippen molar-refractivity contribution < 1.29 is 14.7 Å². The zero-order chi connectivity index (χ0) is 14.3. The Balaban J connectivity index is 2.67. The third-order valence-corrected chi connectivity index (χ3v) is 2.75. The quantitative estimate of drug-likeness (QED) is 0.556. The van der Waals surface area contributed by atoms with E-state index in [1.807, 2.05) is 0 Å². The molecule has 0 aliphatic heterocycles. The van der Waals surface area contributed by atoms with Gasteiger partial charge in [-0.25, -0.2) is 4.79 Å². The van der Waals surface area contributed by atoms with Crippen LogP contribution in [0, 0.1) is 0 Å². The molecule has 0 spiro atoms. The van der Waals surface area contributed by atoms with Gasteiger partial charge in [-0.15, -0.1) is 0 Å². The highest BCUT2D eigenvalue weighted by Gasteiger charge is 2.19. The summed E-state index contributed by atoms with van der Waals surface area (Å²) in [6.45, 7) is 0.793. The number of rotatable bonds is 7. The Hall–Kier alpha value is -1.92. The molecule has 6 nitrogen and oxygen atoms in total. The van der Waals surface area contributed by atoms with E-state index in [2.05, 4.69) is 5.32 Å². The van der Waals surface area contributed by atoms with Gasteiger partial charge in [0.15, 0.2) is 0 Å². The number of nitrogens with one attached hydrogen (secondary N) is 1. The summed E-state index contributed by atoms with van der Waals surface area (Å²) in [6, 6.07) is 5.82. The number of benzene rings is 1. The van der Waals surface area contributed by atoms with Crippen LogP contribution >= 0.6 is 0 Å². The predicted octanol–water partition coefficient (Wildman–Crippen LogP) is 0.0672. The first kappa shape index (κ1) is 15.1. The Kier molecular flexibility index (Phi) is 5.98. The molecule has 0 aromatic heterocycles. The van der Waals surface area contributed by atoms with Crippen LogP contribution < -0.4 is 16.8 Å². The smallest absolute Gasteiger partial charge is 0.326 e. The average Bonchev–Trinajstić information content (AvgIpc) is 2.43. The first-order valence-electron chi connectivity index (χ1n) is 6.11. The minimum atomic E-state index is -1.06. The number of carboxylic acid groups (broad SMARTS) is 1. The second-order valence-corrected chi connectivity index (χ2v) is 4.20. The summed E-state index contributed by atoms with van der Waals surface area (Å²) in [4.78, 5) is 22.9. The minimum absolute atomic E-state index is 0.318. The molecule has 0 saturated heterocycles. The average molecular weight is 265 g/mol. The summed E-state index contributed by atoms with van der Waals surface area (Å²) >= 11 is 0. The van der Waals surface area contributed by atoms with Gasteiger partial charge in [-0.3, -0.25) is 4.79 Å². The van der Waals surface area contributed by atoms with Crippen molar-refractivity contribution in [1.29, 1.82) is 0 Å². The van der Waals surface area contributed by atoms with Gasteiger partial charge in [0.1, 0.15) is 6.04 Å². The van der Waals surface area contributed by atoms with Gasteiger partial charge in [0.25, 0.3) is 5.91 Å². The highest BCUT2D eigenvalue weighted by Crippen LogP contribution is 2.05. The van der Waals surface area contributed by atoms with E-state index in [-0.39, 0.29) is 0 Å². The number of nitrogens with two attached hydrogens (primary N) is 2. The van der Waals surface area contributed by atoms with Crippen LogP contribution in [0.25, 0.3) is 0 Å². The molecule has 104 valence electrons. The maximum atomic E-state index is 11.9. The van der Waals surface area contributed by atoms with Crippen molar-refractivity contribution in [3.63, 3.8) is 0 Å². The lowest BCUT2D eigenvalue weighted by molar-refractivity contribution is -0.139. The van der Waals surface area contributed by atoms with Crippen LogP contribution in [0.3, 0.4) is 0 Å². The summed E-state index contributed by atoms with van der Waals surface area (Å²) in [5.74, 6) is -1.46. The van der Waals surface area contributed by atoms with Crippen molar-refractivity contribution in [2.45, 2.75) is 25.4 Å². The molecule has 0 unspecified atom stereocenters. The summed E-state index contributed by atoms with van der Waals surface area (Å²) in [7, 11) is 0. The molecule has 0 heterocycles. The van der Waals surface area contributed by atoms with Gasteiger partial charge in [-0.1, -0.05) is 12.1 Å². The van der Waals surface area contributed by atoms with Crippen molar-refractivity contribution in [1.82, 2.24) is 5.32 Å². The van der Waals surface area contributed by atoms with Crippen LogP contribution in [0.2, 0.25) is 0 Å². The molecule has 6 N–H and O–H groups in total. The first-order valence-corrected chi connectivity index (χ1v) is 6.11. The summed E-state index contributed by atoms with van der Waals surface area (Å²) in [5, 5.41) is 11.5. The SMILES string of the molecule is NCCC[C@H](NC(=O)c1ccc(CN)cc1)C(=O)O. The molecule has 0 aliphatic carbocycles. The molecule has 19 heavy (non-hydrogen) atoms. The fourth-order valence-electron chi connectivity index (χ4n) is 1.61. The van der Waals surface area contributed by atoms with Gasteiger partial charge >= 0.3 is 5.97 Å². The Morgan fingerprint density at radius 3 is 2.32 bits per heavy atom. The van der Waals surface area contributed by atoms with Gasteiger partial charge in [-0.05, 0) is 37.1 Å². The van der Waals surface area contributed by atoms with Crippen molar-refractivity contribution in [3.8, 4) is 0 Å². The van der Waals surface area contributed by atoms with Crippen LogP contribution in [0.1, 0.15) is 28.8 Å². The Labute approximate surface area is 111 Å². The van der Waals surface area contributed by atoms with E-state index in [1.165, 1.54) is 0 Å². The monoisotopic (exact) mass is 265 g/mol. The lowest BCUT2D eigenvalue weighted by Gasteiger charge is -2.14. The maximum absolute atomic E-state index is 11.9. The number of carboxylic acids is 1. The predicted molar refractivity (Wildman–Crippen MR) is 71.5 cm³/mol. The van der Waals surface area contributed by atoms with Gasteiger partial charge in [0, 0.05) is 12.1 Å². The zero-order valence-corrected chi connectivity index (χ0v) is 10.6. The van der Waals surface area contributed by atoms with Crippen molar-refractivity contribution in [2.75, 3.05) is 6.54 Å². The van der Waals surface area contributed by atoms with Crippen molar-refractivity contribution in [2.24, 2.45) is 11.5 Å². The van der Waals surface area contributed by atoms with Crippen molar-refractivity contribution in [3.05, 3.63) is 35.4 Å². The molecule has 0 aliphatic rings. The zero-order valence-electron chi connectivity index (χ0n) is 10.6. The second kappa shape index (κ2) is 7.50. The third kappa shape index (κ3) is 4.69. The summed E-state index contributed by atoms with van der Waals surface area (Å²) in [6.07, 6.45) is 0.863. The van der Waals surface area contributed by atoms with Crippen LogP contribution in [-0.2, 0) is 11.3 Å². The van der Waals surface area contributed by atoms with Crippen LogP contribution in [0.4, 0.5) is 0 Å². The number of amides is 1. The lowest BCUT2D eigenvalue weighted by atomic mass is 10.1. The highest BCUT2D eigenvalue weighted by atomic mass is 16.4. The number of hydrogen-bond acceptors (Lipinski definition) is 4. The molecule has 1 rings (SSSR count). The fourth-order valence-corrected chi connectivity index (χ4v) is 1.61. The number of aliphatic carboxylic acids is 1.